The van der Waals surface area contributed by atoms with E-state index in [0.717, 1.165) is 5.52 Å². The molecule has 0 unspecified atom stereocenters. The lowest BCUT2D eigenvalue weighted by molar-refractivity contribution is -0.105. The van der Waals surface area contributed by atoms with Gasteiger partial charge in [0.25, 0.3) is 0 Å². The lowest BCUT2D eigenvalue weighted by Crippen LogP contribution is -1.93. The van der Waals surface area contributed by atoms with Crippen LogP contribution in [0.4, 0.5) is 5.69 Å². The second kappa shape index (κ2) is 2.61. The second-order valence-corrected chi connectivity index (χ2v) is 2.26. The molecule has 2 rings (SSSR count). The highest BCUT2D eigenvalue weighted by Crippen LogP contribution is 2.11. The van der Waals surface area contributed by atoms with Gasteiger partial charge in [0.05, 0.1) is 23.7 Å². The Morgan fingerprint density at radius 2 is 2.42 bits per heavy atom. The maximum absolute atomic E-state index is 10.1. The zero-order chi connectivity index (χ0) is 8.39. The third-order valence-corrected chi connectivity index (χ3v) is 1.50. The number of amides is 1. The van der Waals surface area contributed by atoms with E-state index in [-0.39, 0.29) is 0 Å². The van der Waals surface area contributed by atoms with Crippen LogP contribution in [0.1, 0.15) is 0 Å². The van der Waals surface area contributed by atoms with Crippen LogP contribution in [-0.2, 0) is 4.79 Å². The van der Waals surface area contributed by atoms with Crippen LogP contribution < -0.4 is 5.32 Å². The highest BCUT2D eigenvalue weighted by atomic mass is 16.1. The summed E-state index contributed by atoms with van der Waals surface area (Å²) in [5.41, 5.74) is 2.11. The molecule has 0 aliphatic heterocycles. The summed E-state index contributed by atoms with van der Waals surface area (Å²) in [6, 6.07) is 1.77. The van der Waals surface area contributed by atoms with Crippen molar-refractivity contribution in [1.82, 2.24) is 15.0 Å². The zero-order valence-electron chi connectivity index (χ0n) is 6.11. The molecule has 0 saturated heterocycles. The van der Waals surface area contributed by atoms with E-state index in [2.05, 4.69) is 20.3 Å². The van der Waals surface area contributed by atoms with Crippen LogP contribution in [0.3, 0.4) is 0 Å². The number of nitrogens with one attached hydrogen (secondary N) is 2. The molecule has 0 atom stereocenters. The Kier molecular flexibility index (Phi) is 1.48. The molecule has 0 fully saturated rings. The van der Waals surface area contributed by atoms with Crippen LogP contribution in [0.25, 0.3) is 11.2 Å². The number of pyridine rings is 1. The average Bonchev–Trinajstić information content (AvgIpc) is 2.51. The van der Waals surface area contributed by atoms with Crippen molar-refractivity contribution >= 4 is 23.3 Å². The van der Waals surface area contributed by atoms with Gasteiger partial charge in [0.2, 0.25) is 6.41 Å². The number of nitrogens with zero attached hydrogens (tertiary/aromatic N) is 2. The van der Waals surface area contributed by atoms with Crippen molar-refractivity contribution in [2.75, 3.05) is 5.32 Å². The van der Waals surface area contributed by atoms with E-state index in [1.165, 1.54) is 0 Å². The van der Waals surface area contributed by atoms with Crippen LogP contribution in [0.2, 0.25) is 0 Å². The molecule has 2 aromatic heterocycles. The molecule has 2 aromatic rings. The first-order chi connectivity index (χ1) is 5.90. The summed E-state index contributed by atoms with van der Waals surface area (Å²) in [5.74, 6) is 0. The van der Waals surface area contributed by atoms with Crippen molar-refractivity contribution in [1.29, 1.82) is 0 Å². The first-order valence-corrected chi connectivity index (χ1v) is 3.39. The van der Waals surface area contributed by atoms with Gasteiger partial charge in [-0.1, -0.05) is 0 Å². The third kappa shape index (κ3) is 1.01. The largest absolute Gasteiger partial charge is 0.343 e. The first kappa shape index (κ1) is 6.78. The lowest BCUT2D eigenvalue weighted by atomic mass is 10.4. The fourth-order valence-electron chi connectivity index (χ4n) is 0.977. The molecule has 0 radical (unpaired) electrons. The van der Waals surface area contributed by atoms with Gasteiger partial charge in [0, 0.05) is 0 Å². The van der Waals surface area contributed by atoms with Crippen LogP contribution in [0.15, 0.2) is 18.6 Å². The van der Waals surface area contributed by atoms with Crippen LogP contribution in [0.5, 0.6) is 0 Å². The monoisotopic (exact) mass is 162 g/mol. The molecule has 2 N–H and O–H groups in total. The molecule has 0 aromatic carbocycles. The third-order valence-electron chi connectivity index (χ3n) is 1.50. The lowest BCUT2D eigenvalue weighted by Gasteiger charge is -1.95. The van der Waals surface area contributed by atoms with Crippen LogP contribution >= 0.6 is 0 Å². The van der Waals surface area contributed by atoms with E-state index in [0.29, 0.717) is 17.7 Å². The second-order valence-electron chi connectivity index (χ2n) is 2.26. The van der Waals surface area contributed by atoms with Gasteiger partial charge in [-0.05, 0) is 6.07 Å². The van der Waals surface area contributed by atoms with E-state index in [1.807, 2.05) is 0 Å². The summed E-state index contributed by atoms with van der Waals surface area (Å²) in [6.45, 7) is 0. The first-order valence-electron chi connectivity index (χ1n) is 3.39. The van der Waals surface area contributed by atoms with Gasteiger partial charge in [-0.25, -0.2) is 9.97 Å². The fraction of sp³-hybridized carbons (Fsp3) is 0. The standard InChI is InChI=1S/C7H6N4O/c12-4-11-5-1-6-7(8-2-5)10-3-9-6/h1-4H,(H,11,12)(H,8,9,10). The summed E-state index contributed by atoms with van der Waals surface area (Å²) in [6.07, 6.45) is 3.72. The number of anilines is 1. The number of aromatic nitrogens is 3. The Hall–Kier alpha value is -1.91. The summed E-state index contributed by atoms with van der Waals surface area (Å²) >= 11 is 0. The Morgan fingerprint density at radius 3 is 3.25 bits per heavy atom. The van der Waals surface area contributed by atoms with E-state index in [9.17, 15) is 4.79 Å². The SMILES string of the molecule is O=CNc1cnc2nc[nH]c2c1. The average molecular weight is 162 g/mol. The minimum Gasteiger partial charge on any atom is -0.343 e. The molecule has 12 heavy (non-hydrogen) atoms. The number of imidazole rings is 1. The summed E-state index contributed by atoms with van der Waals surface area (Å²) < 4.78 is 0. The topological polar surface area (TPSA) is 70.7 Å². The molecule has 0 spiro atoms. The molecule has 0 aliphatic carbocycles. The smallest absolute Gasteiger partial charge is 0.211 e. The molecular weight excluding hydrogens is 156 g/mol. The van der Waals surface area contributed by atoms with E-state index >= 15 is 0 Å². The maximum Gasteiger partial charge on any atom is 0.211 e. The summed E-state index contributed by atoms with van der Waals surface area (Å²) in [5, 5.41) is 2.50. The number of carbonyl (C=O) groups excluding carboxylic acids is 1. The predicted molar refractivity (Wildman–Crippen MR) is 43.6 cm³/mol. The Morgan fingerprint density at radius 1 is 1.50 bits per heavy atom. The highest BCUT2D eigenvalue weighted by molar-refractivity contribution is 5.79. The van der Waals surface area contributed by atoms with Gasteiger partial charge < -0.3 is 10.3 Å². The number of H-pyrrole nitrogens is 1. The zero-order valence-corrected chi connectivity index (χ0v) is 6.11. The van der Waals surface area contributed by atoms with Crippen molar-refractivity contribution < 1.29 is 4.79 Å². The van der Waals surface area contributed by atoms with Gasteiger partial charge in [-0.15, -0.1) is 0 Å². The molecule has 2 heterocycles. The number of rotatable bonds is 2. The number of hydrogen-bond donors (Lipinski definition) is 2. The van der Waals surface area contributed by atoms with E-state index < -0.39 is 0 Å². The van der Waals surface area contributed by atoms with Gasteiger partial charge in [-0.3, -0.25) is 4.79 Å². The van der Waals surface area contributed by atoms with Crippen molar-refractivity contribution in [2.45, 2.75) is 0 Å². The van der Waals surface area contributed by atoms with Gasteiger partial charge in [0.1, 0.15) is 0 Å². The summed E-state index contributed by atoms with van der Waals surface area (Å²) in [4.78, 5) is 20.9. The number of carbonyl (C=O) groups is 1. The normalized spacial score (nSPS) is 10.0. The van der Waals surface area contributed by atoms with Crippen molar-refractivity contribution in [3.63, 3.8) is 0 Å². The molecule has 5 nitrogen and oxygen atoms in total. The molecule has 60 valence electrons. The van der Waals surface area contributed by atoms with Gasteiger partial charge in [0.15, 0.2) is 5.65 Å². The molecule has 0 bridgehead atoms. The molecule has 1 amide bonds. The maximum atomic E-state index is 10.1. The van der Waals surface area contributed by atoms with Crippen LogP contribution in [0, 0.1) is 0 Å². The minimum atomic E-state index is 0.610. The minimum absolute atomic E-state index is 0.610. The van der Waals surface area contributed by atoms with Crippen molar-refractivity contribution in [3.8, 4) is 0 Å². The van der Waals surface area contributed by atoms with Crippen LogP contribution in [-0.4, -0.2) is 21.4 Å². The van der Waals surface area contributed by atoms with Gasteiger partial charge in [-0.2, -0.15) is 0 Å². The fourth-order valence-corrected chi connectivity index (χ4v) is 0.977. The molecule has 0 aliphatic rings. The van der Waals surface area contributed by atoms with Crippen molar-refractivity contribution in [2.24, 2.45) is 0 Å². The number of fused-ring (bicyclic) bond motifs is 1. The Balaban J connectivity index is 2.52. The van der Waals surface area contributed by atoms with Crippen molar-refractivity contribution in [3.05, 3.63) is 18.6 Å². The molecule has 5 heteroatoms. The van der Waals surface area contributed by atoms with Gasteiger partial charge >= 0.3 is 0 Å². The Labute approximate surface area is 67.8 Å². The Bertz CT molecular complexity index is 408. The predicted octanol–water partition coefficient (Wildman–Crippen LogP) is 0.526. The summed E-state index contributed by atoms with van der Waals surface area (Å²) in [7, 11) is 0. The van der Waals surface area contributed by atoms with E-state index in [4.69, 9.17) is 0 Å². The molecular formula is C7H6N4O. The quantitative estimate of drug-likeness (QED) is 0.632. The highest BCUT2D eigenvalue weighted by Gasteiger charge is 1.97. The van der Waals surface area contributed by atoms with E-state index in [1.54, 1.807) is 18.6 Å². The number of hydrogen-bond acceptors (Lipinski definition) is 3. The molecule has 0 saturated carbocycles. The number of aromatic amines is 1.